The third kappa shape index (κ3) is 3.41. The Morgan fingerprint density at radius 3 is 2.79 bits per heavy atom. The fourth-order valence-electron chi connectivity index (χ4n) is 3.55. The summed E-state index contributed by atoms with van der Waals surface area (Å²) in [5.41, 5.74) is 3.46. The number of hydrogen-bond acceptors (Lipinski definition) is 5. The molecule has 0 N–H and O–H groups in total. The zero-order chi connectivity index (χ0) is 20.5. The second-order valence-electron chi connectivity index (χ2n) is 6.72. The first-order valence-corrected chi connectivity index (χ1v) is 9.40. The van der Waals surface area contributed by atoms with E-state index in [4.69, 9.17) is 21.6 Å². The maximum absolute atomic E-state index is 12.3. The van der Waals surface area contributed by atoms with Crippen LogP contribution in [0.5, 0.6) is 5.75 Å². The van der Waals surface area contributed by atoms with Gasteiger partial charge < -0.3 is 4.74 Å². The zero-order valence-electron chi connectivity index (χ0n) is 15.9. The van der Waals surface area contributed by atoms with Gasteiger partial charge in [-0.3, -0.25) is 4.79 Å². The molecule has 4 rings (SSSR count). The van der Waals surface area contributed by atoms with Crippen LogP contribution in [-0.2, 0) is 4.79 Å². The largest absolute Gasteiger partial charge is 0.494 e. The lowest BCUT2D eigenvalue weighted by atomic mass is 9.97. The van der Waals surface area contributed by atoms with Crippen LogP contribution in [-0.4, -0.2) is 28.7 Å². The summed E-state index contributed by atoms with van der Waals surface area (Å²) >= 11 is 6.52. The molecule has 0 saturated carbocycles. The summed E-state index contributed by atoms with van der Waals surface area (Å²) in [5, 5.41) is 16.3. The molecule has 0 aliphatic carbocycles. The number of carbonyl (C=O) groups excluding carboxylic acids is 1. The van der Waals surface area contributed by atoms with E-state index in [1.54, 1.807) is 25.3 Å². The highest BCUT2D eigenvalue weighted by molar-refractivity contribution is 6.30. The molecule has 0 bridgehead atoms. The Bertz CT molecular complexity index is 1200. The lowest BCUT2D eigenvalue weighted by molar-refractivity contribution is -0.130. The maximum Gasteiger partial charge on any atom is 0.240 e. The lowest BCUT2D eigenvalue weighted by Gasteiger charge is -2.21. The number of methoxy groups -OCH3 is 1. The number of para-hydroxylation sites is 1. The van der Waals surface area contributed by atoms with Gasteiger partial charge >= 0.3 is 0 Å². The van der Waals surface area contributed by atoms with Crippen molar-refractivity contribution in [2.75, 3.05) is 7.11 Å². The number of hydrazone groups is 1. The molecule has 0 fully saturated rings. The Labute approximate surface area is 173 Å². The zero-order valence-corrected chi connectivity index (χ0v) is 16.6. The van der Waals surface area contributed by atoms with E-state index in [1.165, 1.54) is 11.9 Å². The third-order valence-electron chi connectivity index (χ3n) is 4.93. The molecule has 6 nitrogen and oxygen atoms in total. The SMILES string of the molecule is COc1cccc2cc(C3CC(c4cccc(C#N)c4)=NN3C(C)=O)c(Cl)nc12. The Morgan fingerprint density at radius 2 is 2.07 bits per heavy atom. The molecule has 1 aromatic heterocycles. The van der Waals surface area contributed by atoms with E-state index in [0.717, 1.165) is 22.2 Å². The van der Waals surface area contributed by atoms with Crippen molar-refractivity contribution in [2.24, 2.45) is 5.10 Å². The van der Waals surface area contributed by atoms with Crippen LogP contribution in [0, 0.1) is 11.3 Å². The first kappa shape index (κ1) is 18.9. The van der Waals surface area contributed by atoms with Crippen LogP contribution in [0.4, 0.5) is 0 Å². The normalized spacial score (nSPS) is 15.9. The number of nitriles is 1. The fourth-order valence-corrected chi connectivity index (χ4v) is 3.81. The van der Waals surface area contributed by atoms with E-state index in [2.05, 4.69) is 16.2 Å². The molecule has 1 aliphatic heterocycles. The number of benzene rings is 2. The summed E-state index contributed by atoms with van der Waals surface area (Å²) in [5.74, 6) is 0.444. The van der Waals surface area contributed by atoms with Gasteiger partial charge in [0.15, 0.2) is 0 Å². The van der Waals surface area contributed by atoms with Gasteiger partial charge in [0.2, 0.25) is 5.91 Å². The first-order chi connectivity index (χ1) is 14.0. The van der Waals surface area contributed by atoms with Gasteiger partial charge in [-0.2, -0.15) is 10.4 Å². The van der Waals surface area contributed by atoms with Crippen molar-refractivity contribution in [3.05, 3.63) is 70.4 Å². The first-order valence-electron chi connectivity index (χ1n) is 9.02. The van der Waals surface area contributed by atoms with Gasteiger partial charge in [0.25, 0.3) is 0 Å². The van der Waals surface area contributed by atoms with E-state index in [9.17, 15) is 4.79 Å². The second kappa shape index (κ2) is 7.53. The molecule has 29 heavy (non-hydrogen) atoms. The van der Waals surface area contributed by atoms with Crippen molar-refractivity contribution >= 4 is 34.1 Å². The van der Waals surface area contributed by atoms with Gasteiger partial charge in [-0.15, -0.1) is 0 Å². The minimum absolute atomic E-state index is 0.191. The second-order valence-corrected chi connectivity index (χ2v) is 7.08. The van der Waals surface area contributed by atoms with Crippen LogP contribution in [0.2, 0.25) is 5.15 Å². The standard InChI is InChI=1S/C22H17ClN4O2/c1-13(28)27-19(11-18(26-27)15-6-3-5-14(9-15)12-24)17-10-16-7-4-8-20(29-2)21(16)25-22(17)23/h3-10,19H,11H2,1-2H3. The number of carbonyl (C=O) groups is 1. The highest BCUT2D eigenvalue weighted by atomic mass is 35.5. The minimum atomic E-state index is -0.371. The molecule has 0 radical (unpaired) electrons. The molecule has 3 aromatic rings. The summed E-state index contributed by atoms with van der Waals surface area (Å²) in [7, 11) is 1.59. The Balaban J connectivity index is 1.78. The molecular weight excluding hydrogens is 388 g/mol. The lowest BCUT2D eigenvalue weighted by Crippen LogP contribution is -2.24. The van der Waals surface area contributed by atoms with Crippen molar-refractivity contribution in [1.82, 2.24) is 9.99 Å². The summed E-state index contributed by atoms with van der Waals surface area (Å²) < 4.78 is 5.37. The molecule has 1 aliphatic rings. The van der Waals surface area contributed by atoms with Gasteiger partial charge in [-0.1, -0.05) is 35.9 Å². The molecule has 7 heteroatoms. The average Bonchev–Trinajstić information content (AvgIpc) is 3.18. The summed E-state index contributed by atoms with van der Waals surface area (Å²) in [6.07, 6.45) is 0.478. The molecule has 1 atom stereocenters. The number of pyridine rings is 1. The van der Waals surface area contributed by atoms with Crippen molar-refractivity contribution in [3.8, 4) is 11.8 Å². The van der Waals surface area contributed by atoms with E-state index in [-0.39, 0.29) is 11.9 Å². The highest BCUT2D eigenvalue weighted by Gasteiger charge is 2.33. The van der Waals surface area contributed by atoms with Crippen molar-refractivity contribution in [1.29, 1.82) is 5.26 Å². The van der Waals surface area contributed by atoms with Gasteiger partial charge in [0.05, 0.1) is 30.5 Å². The van der Waals surface area contributed by atoms with E-state index < -0.39 is 0 Å². The van der Waals surface area contributed by atoms with E-state index in [0.29, 0.717) is 28.4 Å². The van der Waals surface area contributed by atoms with Crippen molar-refractivity contribution < 1.29 is 9.53 Å². The molecule has 2 heterocycles. The number of ether oxygens (including phenoxy) is 1. The number of aromatic nitrogens is 1. The predicted octanol–water partition coefficient (Wildman–Crippen LogP) is 4.47. The minimum Gasteiger partial charge on any atom is -0.494 e. The Morgan fingerprint density at radius 1 is 1.28 bits per heavy atom. The molecule has 2 aromatic carbocycles. The third-order valence-corrected chi connectivity index (χ3v) is 5.23. The van der Waals surface area contributed by atoms with Crippen LogP contribution in [0.1, 0.15) is 36.1 Å². The fraction of sp³-hybridized carbons (Fsp3) is 0.182. The molecular formula is C22H17ClN4O2. The summed E-state index contributed by atoms with van der Waals surface area (Å²) in [6, 6.07) is 16.5. The predicted molar refractivity (Wildman–Crippen MR) is 111 cm³/mol. The molecule has 1 unspecified atom stereocenters. The van der Waals surface area contributed by atoms with Gasteiger partial charge in [-0.25, -0.2) is 9.99 Å². The van der Waals surface area contributed by atoms with E-state index >= 15 is 0 Å². The molecule has 0 spiro atoms. The topological polar surface area (TPSA) is 78.6 Å². The van der Waals surface area contributed by atoms with Gasteiger partial charge in [0.1, 0.15) is 16.4 Å². The van der Waals surface area contributed by atoms with Crippen LogP contribution < -0.4 is 4.74 Å². The average molecular weight is 405 g/mol. The van der Waals surface area contributed by atoms with Gasteiger partial charge in [0, 0.05) is 24.3 Å². The smallest absolute Gasteiger partial charge is 0.240 e. The number of rotatable bonds is 3. The van der Waals surface area contributed by atoms with Crippen LogP contribution in [0.25, 0.3) is 10.9 Å². The van der Waals surface area contributed by atoms with Crippen molar-refractivity contribution in [3.63, 3.8) is 0 Å². The van der Waals surface area contributed by atoms with Crippen molar-refractivity contribution in [2.45, 2.75) is 19.4 Å². The highest BCUT2D eigenvalue weighted by Crippen LogP contribution is 2.38. The number of hydrogen-bond donors (Lipinski definition) is 0. The summed E-state index contributed by atoms with van der Waals surface area (Å²) in [4.78, 5) is 16.8. The Kier molecular flexibility index (Phi) is 4.91. The maximum atomic E-state index is 12.3. The molecule has 0 saturated heterocycles. The van der Waals surface area contributed by atoms with Crippen LogP contribution in [0.3, 0.4) is 0 Å². The number of nitrogens with zero attached hydrogens (tertiary/aromatic N) is 4. The van der Waals surface area contributed by atoms with Gasteiger partial charge in [-0.05, 0) is 29.8 Å². The van der Waals surface area contributed by atoms with Crippen LogP contribution in [0.15, 0.2) is 53.6 Å². The quantitative estimate of drug-likeness (QED) is 0.603. The van der Waals surface area contributed by atoms with Crippen LogP contribution >= 0.6 is 11.6 Å². The Hall–Kier alpha value is -3.43. The molecule has 144 valence electrons. The number of halogens is 1. The number of amides is 1. The monoisotopic (exact) mass is 404 g/mol. The molecule has 1 amide bonds. The number of fused-ring (bicyclic) bond motifs is 1. The summed E-state index contributed by atoms with van der Waals surface area (Å²) in [6.45, 7) is 1.47. The van der Waals surface area contributed by atoms with E-state index in [1.807, 2.05) is 30.3 Å².